The van der Waals surface area contributed by atoms with Gasteiger partial charge in [0.2, 0.25) is 0 Å². The Balaban J connectivity index is 1.91. The molecule has 1 saturated heterocycles. The number of carbonyl (C=O) groups is 5. The molecule has 42 heavy (non-hydrogen) atoms. The van der Waals surface area contributed by atoms with E-state index in [1.54, 1.807) is 42.5 Å². The van der Waals surface area contributed by atoms with Crippen molar-refractivity contribution in [2.45, 2.75) is 58.3 Å². The van der Waals surface area contributed by atoms with Gasteiger partial charge in [0.15, 0.2) is 30.3 Å². The molecule has 0 amide bonds. The normalized spacial score (nSPS) is 21.8. The number of aromatic nitrogens is 1. The number of hydrogen-bond donors (Lipinski definition) is 0. The van der Waals surface area contributed by atoms with Crippen molar-refractivity contribution in [2.24, 2.45) is 0 Å². The number of halogens is 2. The molecule has 1 aliphatic heterocycles. The smallest absolute Gasteiger partial charge is 0.303 e. The van der Waals surface area contributed by atoms with E-state index in [9.17, 15) is 24.0 Å². The van der Waals surface area contributed by atoms with Crippen molar-refractivity contribution in [2.75, 3.05) is 6.61 Å². The number of hydrogen-bond acceptors (Lipinski definition) is 10. The van der Waals surface area contributed by atoms with E-state index in [-0.39, 0.29) is 16.4 Å². The molecule has 4 rings (SSSR count). The van der Waals surface area contributed by atoms with Gasteiger partial charge in [0, 0.05) is 55.4 Å². The van der Waals surface area contributed by atoms with Crippen molar-refractivity contribution in [3.05, 3.63) is 69.8 Å². The Bertz CT molecular complexity index is 1530. The number of carbonyl (C=O) groups excluding carboxylic acids is 5. The minimum absolute atomic E-state index is 0.200. The summed E-state index contributed by atoms with van der Waals surface area (Å²) in [7, 11) is 0. The number of nitrogens with zero attached hydrogens (tertiary/aromatic N) is 1. The molecule has 2 heterocycles. The Morgan fingerprint density at radius 1 is 0.786 bits per heavy atom. The van der Waals surface area contributed by atoms with E-state index in [1.807, 2.05) is 0 Å². The van der Waals surface area contributed by atoms with Crippen LogP contribution in [0.5, 0.6) is 0 Å². The van der Waals surface area contributed by atoms with Crippen LogP contribution in [0.25, 0.3) is 10.9 Å². The van der Waals surface area contributed by atoms with Crippen LogP contribution in [0.4, 0.5) is 0 Å². The first-order valence-corrected chi connectivity index (χ1v) is 13.5. The molecule has 0 N–H and O–H groups in total. The Labute approximate surface area is 250 Å². The third-order valence-corrected chi connectivity index (χ3v) is 6.97. The number of rotatable bonds is 8. The summed E-state index contributed by atoms with van der Waals surface area (Å²) in [6.07, 6.45) is -5.05. The zero-order valence-electron chi connectivity index (χ0n) is 23.0. The first kappa shape index (κ1) is 31.0. The van der Waals surface area contributed by atoms with Crippen molar-refractivity contribution in [1.82, 2.24) is 4.57 Å². The molecule has 2 aromatic carbocycles. The highest BCUT2D eigenvalue weighted by Gasteiger charge is 2.53. The lowest BCUT2D eigenvalue weighted by Gasteiger charge is -2.44. The first-order valence-electron chi connectivity index (χ1n) is 12.8. The predicted molar refractivity (Wildman–Crippen MR) is 149 cm³/mol. The molecule has 1 aromatic heterocycles. The Kier molecular flexibility index (Phi) is 9.55. The largest absolute Gasteiger partial charge is 0.463 e. The second-order valence-corrected chi connectivity index (χ2v) is 10.4. The second-order valence-electron chi connectivity index (χ2n) is 9.51. The molecule has 1 aliphatic rings. The SMILES string of the molecule is CC(=O)OC[C@H]1O[C@@H](n2cc(C(=O)c3ccc(Cl)cc3)c3c(Cl)cccc32)[C@H](OC(C)=O)[C@@H](OC(C)=O)[C@@H]1OC(C)=O. The Morgan fingerprint density at radius 2 is 1.38 bits per heavy atom. The lowest BCUT2D eigenvalue weighted by atomic mass is 9.97. The van der Waals surface area contributed by atoms with Crippen molar-refractivity contribution < 1.29 is 47.7 Å². The van der Waals surface area contributed by atoms with Crippen molar-refractivity contribution >= 4 is 63.8 Å². The third kappa shape index (κ3) is 6.75. The van der Waals surface area contributed by atoms with Gasteiger partial charge in [-0.05, 0) is 36.4 Å². The van der Waals surface area contributed by atoms with Crippen LogP contribution in [0.3, 0.4) is 0 Å². The molecule has 0 aliphatic carbocycles. The van der Waals surface area contributed by atoms with E-state index in [2.05, 4.69) is 0 Å². The third-order valence-electron chi connectivity index (χ3n) is 6.40. The molecule has 3 aromatic rings. The number of benzene rings is 2. The Hall–Kier alpha value is -3.93. The van der Waals surface area contributed by atoms with Gasteiger partial charge in [-0.25, -0.2) is 0 Å². The molecule has 0 saturated carbocycles. The monoisotopic (exact) mass is 619 g/mol. The highest BCUT2D eigenvalue weighted by molar-refractivity contribution is 6.37. The summed E-state index contributed by atoms with van der Waals surface area (Å²) >= 11 is 12.6. The van der Waals surface area contributed by atoms with E-state index in [4.69, 9.17) is 46.9 Å². The van der Waals surface area contributed by atoms with Gasteiger partial charge in [0.05, 0.1) is 10.5 Å². The van der Waals surface area contributed by atoms with Gasteiger partial charge in [-0.1, -0.05) is 29.3 Å². The van der Waals surface area contributed by atoms with E-state index in [1.165, 1.54) is 17.7 Å². The van der Waals surface area contributed by atoms with Gasteiger partial charge in [-0.2, -0.15) is 0 Å². The number of esters is 4. The molecular formula is C29H27Cl2NO10. The average molecular weight is 620 g/mol. The van der Waals surface area contributed by atoms with Crippen LogP contribution in [0, 0.1) is 0 Å². The van der Waals surface area contributed by atoms with Crippen LogP contribution in [-0.4, -0.2) is 65.3 Å². The number of ketones is 1. The van der Waals surface area contributed by atoms with Gasteiger partial charge >= 0.3 is 23.9 Å². The molecular weight excluding hydrogens is 593 g/mol. The molecule has 0 spiro atoms. The van der Waals surface area contributed by atoms with Crippen LogP contribution in [0.1, 0.15) is 49.8 Å². The lowest BCUT2D eigenvalue weighted by molar-refractivity contribution is -0.267. The van der Waals surface area contributed by atoms with E-state index in [0.717, 1.165) is 20.8 Å². The Morgan fingerprint density at radius 3 is 1.98 bits per heavy atom. The van der Waals surface area contributed by atoms with E-state index < -0.39 is 61.1 Å². The number of ether oxygens (including phenoxy) is 5. The summed E-state index contributed by atoms with van der Waals surface area (Å²) in [4.78, 5) is 61.9. The van der Waals surface area contributed by atoms with Gasteiger partial charge in [-0.3, -0.25) is 24.0 Å². The number of fused-ring (bicyclic) bond motifs is 1. The van der Waals surface area contributed by atoms with Crippen molar-refractivity contribution in [3.8, 4) is 0 Å². The summed E-state index contributed by atoms with van der Waals surface area (Å²) in [5, 5.41) is 1.09. The van der Waals surface area contributed by atoms with E-state index in [0.29, 0.717) is 21.5 Å². The maximum Gasteiger partial charge on any atom is 0.303 e. The summed E-state index contributed by atoms with van der Waals surface area (Å²) < 4.78 is 29.6. The molecule has 11 nitrogen and oxygen atoms in total. The second kappa shape index (κ2) is 12.9. The van der Waals surface area contributed by atoms with Crippen LogP contribution in [-0.2, 0) is 42.9 Å². The van der Waals surface area contributed by atoms with Gasteiger partial charge in [0.25, 0.3) is 0 Å². The van der Waals surface area contributed by atoms with Crippen molar-refractivity contribution in [1.29, 1.82) is 0 Å². The lowest BCUT2D eigenvalue weighted by Crippen LogP contribution is -2.60. The summed E-state index contributed by atoms with van der Waals surface area (Å²) in [5.41, 5.74) is 0.950. The molecule has 13 heteroatoms. The first-order chi connectivity index (χ1) is 19.9. The minimum atomic E-state index is -1.39. The molecule has 5 atom stereocenters. The molecule has 0 unspecified atom stereocenters. The summed E-state index contributed by atoms with van der Waals surface area (Å²) in [6.45, 7) is 4.20. The summed E-state index contributed by atoms with van der Waals surface area (Å²) in [5.74, 6) is -3.29. The van der Waals surface area contributed by atoms with Crippen LogP contribution in [0.2, 0.25) is 10.0 Å². The standard InChI is InChI=1S/C29H27Cl2NO10/c1-14(33)38-13-23-26(39-15(2)34)27(40-16(3)35)28(41-17(4)36)29(42-23)32-12-20(24-21(31)6-5-7-22(24)32)25(37)18-8-10-19(30)11-9-18/h5-12,23,26-29H,13H2,1-4H3/t23-,26-,27+,28-,29-/m1/s1. The maximum absolute atomic E-state index is 13.7. The zero-order valence-corrected chi connectivity index (χ0v) is 24.5. The molecule has 0 bridgehead atoms. The van der Waals surface area contributed by atoms with Crippen LogP contribution in [0.15, 0.2) is 48.7 Å². The van der Waals surface area contributed by atoms with E-state index >= 15 is 0 Å². The fraction of sp³-hybridized carbons (Fsp3) is 0.345. The topological polar surface area (TPSA) is 136 Å². The van der Waals surface area contributed by atoms with Crippen molar-refractivity contribution in [3.63, 3.8) is 0 Å². The molecule has 0 radical (unpaired) electrons. The summed E-state index contributed by atoms with van der Waals surface area (Å²) in [6, 6.07) is 11.2. The van der Waals surface area contributed by atoms with Crippen LogP contribution >= 0.6 is 23.2 Å². The molecule has 222 valence electrons. The molecule has 1 fully saturated rings. The fourth-order valence-corrected chi connectivity index (χ4v) is 5.23. The highest BCUT2D eigenvalue weighted by atomic mass is 35.5. The van der Waals surface area contributed by atoms with Gasteiger partial charge in [-0.15, -0.1) is 0 Å². The fourth-order valence-electron chi connectivity index (χ4n) is 4.84. The van der Waals surface area contributed by atoms with Gasteiger partial charge in [0.1, 0.15) is 12.7 Å². The highest BCUT2D eigenvalue weighted by Crippen LogP contribution is 2.39. The van der Waals surface area contributed by atoms with Crippen LogP contribution < -0.4 is 0 Å². The maximum atomic E-state index is 13.7. The van der Waals surface area contributed by atoms with Gasteiger partial charge < -0.3 is 28.3 Å². The minimum Gasteiger partial charge on any atom is -0.463 e. The predicted octanol–water partition coefficient (Wildman–Crippen LogP) is 4.43. The quantitative estimate of drug-likeness (QED) is 0.202. The zero-order chi connectivity index (χ0) is 30.7. The average Bonchev–Trinajstić information content (AvgIpc) is 3.30.